The van der Waals surface area contributed by atoms with Gasteiger partial charge in [-0.2, -0.15) is 4.98 Å². The molecule has 0 aliphatic heterocycles. The van der Waals surface area contributed by atoms with E-state index in [2.05, 4.69) is 18.8 Å². The predicted molar refractivity (Wildman–Crippen MR) is 76.4 cm³/mol. The van der Waals surface area contributed by atoms with Gasteiger partial charge >= 0.3 is 0 Å². The van der Waals surface area contributed by atoms with E-state index >= 15 is 0 Å². The fourth-order valence-corrected chi connectivity index (χ4v) is 1.92. The Labute approximate surface area is 115 Å². The molecule has 0 bridgehead atoms. The van der Waals surface area contributed by atoms with Crippen molar-refractivity contribution in [2.75, 3.05) is 18.9 Å². The van der Waals surface area contributed by atoms with Crippen molar-refractivity contribution in [2.24, 2.45) is 11.8 Å². The molecule has 1 aliphatic carbocycles. The summed E-state index contributed by atoms with van der Waals surface area (Å²) in [6.07, 6.45) is 4.85. The topological polar surface area (TPSA) is 57.4 Å². The number of pyridine rings is 1. The fraction of sp³-hybridized carbons (Fsp3) is 0.667. The largest absolute Gasteiger partial charge is 0.477 e. The fourth-order valence-electron chi connectivity index (χ4n) is 1.92. The van der Waals surface area contributed by atoms with Crippen molar-refractivity contribution >= 4 is 5.69 Å². The molecule has 0 saturated heterocycles. The summed E-state index contributed by atoms with van der Waals surface area (Å²) < 4.78 is 11.3. The van der Waals surface area contributed by atoms with Crippen molar-refractivity contribution < 1.29 is 9.47 Å². The lowest BCUT2D eigenvalue weighted by molar-refractivity contribution is 0.235. The molecule has 0 spiro atoms. The number of rotatable bonds is 8. The first-order chi connectivity index (χ1) is 9.19. The highest BCUT2D eigenvalue weighted by Crippen LogP contribution is 2.31. The molecule has 4 heteroatoms. The van der Waals surface area contributed by atoms with Crippen LogP contribution in [0.15, 0.2) is 12.1 Å². The molecule has 1 aromatic rings. The molecular weight excluding hydrogens is 240 g/mol. The van der Waals surface area contributed by atoms with Crippen LogP contribution < -0.4 is 15.2 Å². The Hall–Kier alpha value is -1.45. The molecule has 0 amide bonds. The first-order valence-electron chi connectivity index (χ1n) is 7.21. The van der Waals surface area contributed by atoms with E-state index in [1.807, 2.05) is 0 Å². The maximum absolute atomic E-state index is 5.86. The Kier molecular flexibility index (Phi) is 4.88. The van der Waals surface area contributed by atoms with Gasteiger partial charge in [-0.3, -0.25) is 0 Å². The number of nitrogen functional groups attached to an aromatic ring is 1. The van der Waals surface area contributed by atoms with Crippen LogP contribution in [0.1, 0.15) is 39.5 Å². The van der Waals surface area contributed by atoms with Crippen LogP contribution in [0.2, 0.25) is 0 Å². The SMILES string of the molecule is CCCC(C)COc1ccc(N)c(OCC2CC2)n1. The number of hydrogen-bond acceptors (Lipinski definition) is 4. The van der Waals surface area contributed by atoms with E-state index in [4.69, 9.17) is 15.2 Å². The molecule has 0 aromatic carbocycles. The van der Waals surface area contributed by atoms with Crippen LogP contribution in [0.25, 0.3) is 0 Å². The molecule has 1 saturated carbocycles. The van der Waals surface area contributed by atoms with Gasteiger partial charge in [0.25, 0.3) is 0 Å². The third kappa shape index (κ3) is 4.62. The van der Waals surface area contributed by atoms with Gasteiger partial charge in [0.1, 0.15) is 0 Å². The minimum atomic E-state index is 0.507. The summed E-state index contributed by atoms with van der Waals surface area (Å²) in [5, 5.41) is 0. The third-order valence-electron chi connectivity index (χ3n) is 3.31. The number of nitrogens with two attached hydrogens (primary N) is 1. The second kappa shape index (κ2) is 6.64. The van der Waals surface area contributed by atoms with Crippen molar-refractivity contribution in [2.45, 2.75) is 39.5 Å². The lowest BCUT2D eigenvalue weighted by atomic mass is 10.1. The van der Waals surface area contributed by atoms with E-state index in [1.165, 1.54) is 25.7 Å². The molecule has 1 atom stereocenters. The summed E-state index contributed by atoms with van der Waals surface area (Å²) in [5.74, 6) is 2.34. The number of nitrogens with zero attached hydrogens (tertiary/aromatic N) is 1. The average Bonchev–Trinajstić information content (AvgIpc) is 3.21. The van der Waals surface area contributed by atoms with Gasteiger partial charge in [0.05, 0.1) is 18.9 Å². The van der Waals surface area contributed by atoms with Crippen LogP contribution in [-0.4, -0.2) is 18.2 Å². The number of anilines is 1. The predicted octanol–water partition coefficient (Wildman–Crippen LogP) is 3.27. The Balaban J connectivity index is 1.87. The first-order valence-corrected chi connectivity index (χ1v) is 7.21. The number of ether oxygens (including phenoxy) is 2. The molecule has 1 unspecified atom stereocenters. The maximum Gasteiger partial charge on any atom is 0.240 e. The first kappa shape index (κ1) is 14.0. The van der Waals surface area contributed by atoms with E-state index in [0.717, 1.165) is 0 Å². The molecule has 1 aliphatic rings. The molecule has 1 fully saturated rings. The second-order valence-corrected chi connectivity index (χ2v) is 5.50. The van der Waals surface area contributed by atoms with E-state index in [9.17, 15) is 0 Å². The van der Waals surface area contributed by atoms with Gasteiger partial charge in [0.15, 0.2) is 0 Å². The van der Waals surface area contributed by atoms with Crippen LogP contribution in [-0.2, 0) is 0 Å². The summed E-state index contributed by atoms with van der Waals surface area (Å²) in [6, 6.07) is 3.60. The van der Waals surface area contributed by atoms with Crippen LogP contribution in [0.3, 0.4) is 0 Å². The van der Waals surface area contributed by atoms with E-state index < -0.39 is 0 Å². The maximum atomic E-state index is 5.86. The van der Waals surface area contributed by atoms with Gasteiger partial charge in [-0.1, -0.05) is 20.3 Å². The smallest absolute Gasteiger partial charge is 0.240 e. The lowest BCUT2D eigenvalue weighted by Crippen LogP contribution is -2.10. The molecule has 1 heterocycles. The van der Waals surface area contributed by atoms with E-state index in [1.54, 1.807) is 12.1 Å². The molecule has 2 N–H and O–H groups in total. The van der Waals surface area contributed by atoms with Crippen molar-refractivity contribution in [3.63, 3.8) is 0 Å². The lowest BCUT2D eigenvalue weighted by Gasteiger charge is -2.13. The normalized spacial score (nSPS) is 16.1. The van der Waals surface area contributed by atoms with Gasteiger partial charge in [-0.25, -0.2) is 0 Å². The zero-order chi connectivity index (χ0) is 13.7. The zero-order valence-corrected chi connectivity index (χ0v) is 11.9. The van der Waals surface area contributed by atoms with Crippen molar-refractivity contribution in [3.8, 4) is 11.8 Å². The van der Waals surface area contributed by atoms with Gasteiger partial charge in [0, 0.05) is 6.07 Å². The highest BCUT2D eigenvalue weighted by Gasteiger charge is 2.22. The van der Waals surface area contributed by atoms with Gasteiger partial charge in [-0.05, 0) is 37.2 Å². The van der Waals surface area contributed by atoms with Crippen molar-refractivity contribution in [1.82, 2.24) is 4.98 Å². The summed E-state index contributed by atoms with van der Waals surface area (Å²) in [4.78, 5) is 4.33. The highest BCUT2D eigenvalue weighted by molar-refractivity contribution is 5.49. The Morgan fingerprint density at radius 2 is 2.16 bits per heavy atom. The summed E-state index contributed by atoms with van der Waals surface area (Å²) in [6.45, 7) is 5.77. The third-order valence-corrected chi connectivity index (χ3v) is 3.31. The van der Waals surface area contributed by atoms with Crippen LogP contribution in [0, 0.1) is 11.8 Å². The van der Waals surface area contributed by atoms with Crippen molar-refractivity contribution in [3.05, 3.63) is 12.1 Å². The molecular formula is C15H24N2O2. The molecule has 106 valence electrons. The van der Waals surface area contributed by atoms with Gasteiger partial charge in [0.2, 0.25) is 11.8 Å². The Morgan fingerprint density at radius 3 is 2.84 bits per heavy atom. The monoisotopic (exact) mass is 264 g/mol. The minimum Gasteiger partial charge on any atom is -0.477 e. The molecule has 2 rings (SSSR count). The average molecular weight is 264 g/mol. The van der Waals surface area contributed by atoms with Crippen LogP contribution in [0.5, 0.6) is 11.8 Å². The Bertz CT molecular complexity index is 405. The number of hydrogen-bond donors (Lipinski definition) is 1. The van der Waals surface area contributed by atoms with E-state index in [0.29, 0.717) is 42.5 Å². The zero-order valence-electron chi connectivity index (χ0n) is 11.9. The standard InChI is InChI=1S/C15H24N2O2/c1-3-4-11(2)9-18-14-8-7-13(16)15(17-14)19-10-12-5-6-12/h7-8,11-12H,3-6,9-10,16H2,1-2H3. The summed E-state index contributed by atoms with van der Waals surface area (Å²) >= 11 is 0. The van der Waals surface area contributed by atoms with E-state index in [-0.39, 0.29) is 0 Å². The molecule has 4 nitrogen and oxygen atoms in total. The van der Waals surface area contributed by atoms with Crippen LogP contribution in [0.4, 0.5) is 5.69 Å². The molecule has 19 heavy (non-hydrogen) atoms. The van der Waals surface area contributed by atoms with Gasteiger partial charge < -0.3 is 15.2 Å². The minimum absolute atomic E-state index is 0.507. The van der Waals surface area contributed by atoms with Gasteiger partial charge in [-0.15, -0.1) is 0 Å². The second-order valence-electron chi connectivity index (χ2n) is 5.50. The molecule has 0 radical (unpaired) electrons. The Morgan fingerprint density at radius 1 is 1.37 bits per heavy atom. The molecule has 1 aromatic heterocycles. The van der Waals surface area contributed by atoms with Crippen LogP contribution >= 0.6 is 0 Å². The van der Waals surface area contributed by atoms with Crippen molar-refractivity contribution in [1.29, 1.82) is 0 Å². The summed E-state index contributed by atoms with van der Waals surface area (Å²) in [5.41, 5.74) is 6.44. The quantitative estimate of drug-likeness (QED) is 0.783. The highest BCUT2D eigenvalue weighted by atomic mass is 16.5. The number of aromatic nitrogens is 1. The summed E-state index contributed by atoms with van der Waals surface area (Å²) in [7, 11) is 0.